The van der Waals surface area contributed by atoms with Crippen molar-refractivity contribution < 1.29 is 19.0 Å². The number of hydrogen-bond acceptors (Lipinski definition) is 6. The zero-order chi connectivity index (χ0) is 28.2. The lowest BCUT2D eigenvalue weighted by Crippen LogP contribution is -2.38. The van der Waals surface area contributed by atoms with Gasteiger partial charge < -0.3 is 20.1 Å². The van der Waals surface area contributed by atoms with Crippen LogP contribution in [-0.4, -0.2) is 71.5 Å². The highest BCUT2D eigenvalue weighted by atomic mass is 19.1. The molecule has 1 aromatic carbocycles. The molecular weight excluding hydrogens is 507 g/mol. The molecule has 0 fully saturated rings. The van der Waals surface area contributed by atoms with E-state index in [1.165, 1.54) is 31.2 Å². The second kappa shape index (κ2) is 15.4. The molecule has 2 heterocycles. The van der Waals surface area contributed by atoms with Crippen LogP contribution in [0, 0.1) is 0 Å². The number of anilines is 1. The van der Waals surface area contributed by atoms with Gasteiger partial charge in [0.2, 0.25) is 0 Å². The van der Waals surface area contributed by atoms with Gasteiger partial charge in [-0.15, -0.1) is 0 Å². The fourth-order valence-electron chi connectivity index (χ4n) is 5.28. The van der Waals surface area contributed by atoms with Crippen LogP contribution in [0.25, 0.3) is 11.1 Å². The van der Waals surface area contributed by atoms with Gasteiger partial charge in [0.05, 0.1) is 6.61 Å². The van der Waals surface area contributed by atoms with E-state index >= 15 is 0 Å². The number of carboxylic acids is 1. The number of nitrogens with zero attached hydrogens (tertiary/aromatic N) is 3. The first kappa shape index (κ1) is 29.6. The van der Waals surface area contributed by atoms with Crippen molar-refractivity contribution in [1.29, 1.82) is 0 Å². The van der Waals surface area contributed by atoms with Gasteiger partial charge in [0.1, 0.15) is 18.0 Å². The zero-order valence-electron chi connectivity index (χ0n) is 23.4. The van der Waals surface area contributed by atoms with Crippen molar-refractivity contribution in [3.05, 3.63) is 77.7 Å². The number of alkyl halides is 1. The molecule has 0 radical (unpaired) electrons. The van der Waals surface area contributed by atoms with Gasteiger partial charge in [-0.1, -0.05) is 36.4 Å². The van der Waals surface area contributed by atoms with Crippen LogP contribution in [0.5, 0.6) is 0 Å². The molecule has 4 rings (SSSR count). The third kappa shape index (κ3) is 9.10. The number of carbonyl (C=O) groups is 1. The molecule has 0 unspecified atom stereocenters. The summed E-state index contributed by atoms with van der Waals surface area (Å²) in [6.45, 7) is 1.36. The maximum atomic E-state index is 14.5. The summed E-state index contributed by atoms with van der Waals surface area (Å²) in [5.74, 6) is -0.459. The number of ether oxygens (including phenoxy) is 1. The molecule has 0 amide bonds. The normalized spacial score (nSPS) is 14.5. The van der Waals surface area contributed by atoms with E-state index in [9.17, 15) is 14.3 Å². The Balaban J connectivity index is 1.32. The number of pyridine rings is 2. The van der Waals surface area contributed by atoms with Crippen LogP contribution < -0.4 is 5.32 Å². The number of aryl methyl sites for hydroxylation is 3. The average molecular weight is 549 g/mol. The number of aromatic nitrogens is 2. The smallest absolute Gasteiger partial charge is 0.326 e. The number of unbranched alkanes of at least 4 members (excludes halogenated alkanes) is 1. The molecular formula is C32H41FN4O3. The topological polar surface area (TPSA) is 87.6 Å². The Bertz CT molecular complexity index is 1210. The van der Waals surface area contributed by atoms with Crippen LogP contribution in [0.2, 0.25) is 0 Å². The Morgan fingerprint density at radius 2 is 1.90 bits per heavy atom. The quantitative estimate of drug-likeness (QED) is 0.226. The fraction of sp³-hybridized carbons (Fsp3) is 0.469. The molecule has 0 saturated carbocycles. The highest BCUT2D eigenvalue weighted by molar-refractivity contribution is 5.77. The minimum absolute atomic E-state index is 0.0202. The number of methoxy groups -OCH3 is 1. The summed E-state index contributed by atoms with van der Waals surface area (Å²) in [5.41, 5.74) is 5.74. The Morgan fingerprint density at radius 1 is 1.07 bits per heavy atom. The van der Waals surface area contributed by atoms with Crippen LogP contribution in [0.15, 0.2) is 60.8 Å². The van der Waals surface area contributed by atoms with Gasteiger partial charge in [0.25, 0.3) is 0 Å². The molecule has 0 aliphatic heterocycles. The Labute approximate surface area is 236 Å². The first-order valence-corrected chi connectivity index (χ1v) is 14.4. The third-order valence-corrected chi connectivity index (χ3v) is 7.42. The number of nitrogens with one attached hydrogen (secondary N) is 1. The molecule has 8 heteroatoms. The van der Waals surface area contributed by atoms with Gasteiger partial charge in [0, 0.05) is 37.8 Å². The number of hydrogen-bond donors (Lipinski definition) is 2. The van der Waals surface area contributed by atoms with E-state index in [0.717, 1.165) is 48.9 Å². The summed E-state index contributed by atoms with van der Waals surface area (Å²) in [4.78, 5) is 23.3. The van der Waals surface area contributed by atoms with Crippen LogP contribution >= 0.6 is 0 Å². The third-order valence-electron chi connectivity index (χ3n) is 7.42. The van der Waals surface area contributed by atoms with E-state index in [2.05, 4.69) is 22.4 Å². The summed E-state index contributed by atoms with van der Waals surface area (Å²) < 4.78 is 19.5. The van der Waals surface area contributed by atoms with E-state index in [0.29, 0.717) is 25.3 Å². The molecule has 1 aliphatic rings. The standard InChI is InChI=1S/C32H41FN4O3/c1-40-23-27(33)22-37(19-8-7-12-28-15-14-25-11-5-6-13-29(25)35-28)20-17-30(32(38)39)36-31-21-26(16-18-34-31)24-9-3-2-4-10-24/h2-4,9-10,14-16,18,21,27,30H,5-8,11-13,17,19-20,22-23H2,1H3,(H,34,36)(H,38,39)/t27-,30-/m0/s1. The maximum absolute atomic E-state index is 14.5. The van der Waals surface area contributed by atoms with Crippen molar-refractivity contribution in [2.45, 2.75) is 63.6 Å². The minimum atomic E-state index is -1.13. The van der Waals surface area contributed by atoms with Crippen LogP contribution in [-0.2, 0) is 28.8 Å². The Hall–Kier alpha value is -3.36. The van der Waals surface area contributed by atoms with Crippen molar-refractivity contribution in [3.63, 3.8) is 0 Å². The van der Waals surface area contributed by atoms with Gasteiger partial charge >= 0.3 is 5.97 Å². The first-order chi connectivity index (χ1) is 19.5. The van der Waals surface area contributed by atoms with Crippen molar-refractivity contribution in [3.8, 4) is 11.1 Å². The molecule has 0 bridgehead atoms. The Morgan fingerprint density at radius 3 is 2.70 bits per heavy atom. The molecule has 2 N–H and O–H groups in total. The SMILES string of the molecule is COC[C@@H](F)CN(CCCCc1ccc2c(n1)CCCC2)CC[C@H](Nc1cc(-c2ccccc2)ccn1)C(=O)O. The molecule has 1 aliphatic carbocycles. The van der Waals surface area contributed by atoms with Crippen LogP contribution in [0.3, 0.4) is 0 Å². The number of rotatable bonds is 16. The number of aliphatic carboxylic acids is 1. The second-order valence-corrected chi connectivity index (χ2v) is 10.5. The van der Waals surface area contributed by atoms with E-state index in [-0.39, 0.29) is 13.2 Å². The number of fused-ring (bicyclic) bond motifs is 1. The van der Waals surface area contributed by atoms with Crippen molar-refractivity contribution in [2.75, 3.05) is 38.7 Å². The largest absolute Gasteiger partial charge is 0.480 e. The van der Waals surface area contributed by atoms with E-state index in [1.54, 1.807) is 6.20 Å². The predicted molar refractivity (Wildman–Crippen MR) is 156 cm³/mol. The van der Waals surface area contributed by atoms with E-state index < -0.39 is 18.2 Å². The fourth-order valence-corrected chi connectivity index (χ4v) is 5.28. The van der Waals surface area contributed by atoms with Gasteiger partial charge in [0.15, 0.2) is 0 Å². The second-order valence-electron chi connectivity index (χ2n) is 10.5. The van der Waals surface area contributed by atoms with Gasteiger partial charge in [-0.3, -0.25) is 4.98 Å². The molecule has 2 aromatic heterocycles. The van der Waals surface area contributed by atoms with E-state index in [1.807, 2.05) is 47.4 Å². The van der Waals surface area contributed by atoms with Gasteiger partial charge in [-0.05, 0) is 92.8 Å². The molecule has 40 heavy (non-hydrogen) atoms. The summed E-state index contributed by atoms with van der Waals surface area (Å²) in [5, 5.41) is 13.0. The molecule has 3 aromatic rings. The van der Waals surface area contributed by atoms with Crippen molar-refractivity contribution in [2.24, 2.45) is 0 Å². The van der Waals surface area contributed by atoms with E-state index in [4.69, 9.17) is 9.72 Å². The molecule has 214 valence electrons. The Kier molecular flexibility index (Phi) is 11.4. The van der Waals surface area contributed by atoms with Crippen LogP contribution in [0.4, 0.5) is 10.2 Å². The lowest BCUT2D eigenvalue weighted by atomic mass is 9.95. The minimum Gasteiger partial charge on any atom is -0.480 e. The lowest BCUT2D eigenvalue weighted by molar-refractivity contribution is -0.138. The highest BCUT2D eigenvalue weighted by Crippen LogP contribution is 2.22. The molecule has 2 atom stereocenters. The first-order valence-electron chi connectivity index (χ1n) is 14.4. The van der Waals surface area contributed by atoms with Crippen molar-refractivity contribution in [1.82, 2.24) is 14.9 Å². The zero-order valence-corrected chi connectivity index (χ0v) is 23.4. The summed E-state index contributed by atoms with van der Waals surface area (Å²) in [6.07, 6.45) is 8.23. The van der Waals surface area contributed by atoms with Crippen LogP contribution in [0.1, 0.15) is 49.1 Å². The van der Waals surface area contributed by atoms with Crippen molar-refractivity contribution >= 4 is 11.8 Å². The van der Waals surface area contributed by atoms with Gasteiger partial charge in [-0.2, -0.15) is 0 Å². The lowest BCUT2D eigenvalue weighted by Gasteiger charge is -2.26. The highest BCUT2D eigenvalue weighted by Gasteiger charge is 2.21. The summed E-state index contributed by atoms with van der Waals surface area (Å²) in [6, 6.07) is 17.2. The maximum Gasteiger partial charge on any atom is 0.326 e. The molecule has 0 saturated heterocycles. The number of benzene rings is 1. The van der Waals surface area contributed by atoms with Gasteiger partial charge in [-0.25, -0.2) is 14.2 Å². The molecule has 0 spiro atoms. The summed E-state index contributed by atoms with van der Waals surface area (Å²) in [7, 11) is 1.49. The average Bonchev–Trinajstić information content (AvgIpc) is 2.97. The molecule has 7 nitrogen and oxygen atoms in total. The monoisotopic (exact) mass is 548 g/mol. The number of halogens is 1. The predicted octanol–water partition coefficient (Wildman–Crippen LogP) is 5.59. The number of carboxylic acid groups (broad SMARTS) is 1. The summed E-state index contributed by atoms with van der Waals surface area (Å²) >= 11 is 0.